The first-order valence-corrected chi connectivity index (χ1v) is 10.7. The average Bonchev–Trinajstić information content (AvgIpc) is 2.97. The van der Waals surface area contributed by atoms with Crippen molar-refractivity contribution in [2.45, 2.75) is 19.5 Å². The van der Waals surface area contributed by atoms with E-state index in [4.69, 9.17) is 0 Å². The summed E-state index contributed by atoms with van der Waals surface area (Å²) in [5.74, 6) is 0. The summed E-state index contributed by atoms with van der Waals surface area (Å²) in [6.07, 6.45) is -3.90. The molecule has 28 heavy (non-hydrogen) atoms. The molecule has 0 saturated carbocycles. The quantitative estimate of drug-likeness (QED) is 0.473. The summed E-state index contributed by atoms with van der Waals surface area (Å²) >= 11 is 0. The highest BCUT2D eigenvalue weighted by Gasteiger charge is 2.44. The molecule has 0 saturated heterocycles. The zero-order chi connectivity index (χ0) is 19.9. The molecule has 0 spiro atoms. The van der Waals surface area contributed by atoms with Crippen LogP contribution in [0.4, 0.5) is 13.2 Å². The number of rotatable bonds is 3. The molecule has 1 aliphatic rings. The average molecular weight is 398 g/mol. The van der Waals surface area contributed by atoms with Crippen LogP contribution in [0.25, 0.3) is 10.9 Å². The fourth-order valence-electron chi connectivity index (χ4n) is 3.88. The number of benzene rings is 3. The lowest BCUT2D eigenvalue weighted by Gasteiger charge is -2.20. The Bertz CT molecular complexity index is 1100. The number of hydrogen-bond acceptors (Lipinski definition) is 1. The van der Waals surface area contributed by atoms with Gasteiger partial charge >= 0.3 is 6.18 Å². The van der Waals surface area contributed by atoms with Gasteiger partial charge in [-0.25, -0.2) is 0 Å². The first kappa shape index (κ1) is 18.8. The Morgan fingerprint density at radius 2 is 1.46 bits per heavy atom. The fourth-order valence-corrected chi connectivity index (χ4v) is 7.29. The Hall–Kier alpha value is -2.58. The Labute approximate surface area is 161 Å². The Morgan fingerprint density at radius 1 is 0.857 bits per heavy atom. The molecule has 1 unspecified atom stereocenters. The lowest BCUT2D eigenvalue weighted by atomic mass is 9.99. The maximum Gasteiger partial charge on any atom is 0.416 e. The monoisotopic (exact) mass is 398 g/mol. The lowest BCUT2D eigenvalue weighted by molar-refractivity contribution is -0.137. The lowest BCUT2D eigenvalue weighted by Crippen LogP contribution is -2.18. The molecule has 1 atom stereocenters. The molecule has 142 valence electrons. The molecule has 0 aromatic heterocycles. The summed E-state index contributed by atoms with van der Waals surface area (Å²) in [6.45, 7) is 1.94. The molecule has 1 nitrogen and oxygen atoms in total. The van der Waals surface area contributed by atoms with Crippen molar-refractivity contribution in [2.24, 2.45) is 0 Å². The van der Waals surface area contributed by atoms with Crippen LogP contribution in [0, 0.1) is 0 Å². The van der Waals surface area contributed by atoms with Crippen LogP contribution in [0.1, 0.15) is 30.0 Å². The molecule has 3 aromatic rings. The van der Waals surface area contributed by atoms with Crippen molar-refractivity contribution in [3.8, 4) is 0 Å². The van der Waals surface area contributed by atoms with Gasteiger partial charge in [0.05, 0.1) is 5.56 Å². The smallest absolute Gasteiger partial charge is 0.309 e. The van der Waals surface area contributed by atoms with Gasteiger partial charge in [-0.2, -0.15) is 13.2 Å². The van der Waals surface area contributed by atoms with Gasteiger partial charge in [-0.3, -0.25) is 0 Å². The molecule has 0 fully saturated rings. The molecular formula is C23H18F3OP. The number of allylic oxidation sites excluding steroid dienone is 1. The molecule has 1 aliphatic heterocycles. The Kier molecular flexibility index (Phi) is 4.55. The van der Waals surface area contributed by atoms with Gasteiger partial charge in [-0.05, 0) is 35.3 Å². The summed E-state index contributed by atoms with van der Waals surface area (Å²) < 4.78 is 54.8. The highest BCUT2D eigenvalue weighted by Crippen LogP contribution is 2.65. The van der Waals surface area contributed by atoms with Gasteiger partial charge in [0.15, 0.2) is 7.14 Å². The highest BCUT2D eigenvalue weighted by molar-refractivity contribution is 7.88. The minimum absolute atomic E-state index is 0.282. The molecule has 5 heteroatoms. The second-order valence-electron chi connectivity index (χ2n) is 6.72. The van der Waals surface area contributed by atoms with Crippen molar-refractivity contribution >= 4 is 28.6 Å². The van der Waals surface area contributed by atoms with Gasteiger partial charge in [0.1, 0.15) is 0 Å². The van der Waals surface area contributed by atoms with Crippen molar-refractivity contribution in [2.75, 3.05) is 0 Å². The molecule has 3 aromatic carbocycles. The Morgan fingerprint density at radius 3 is 2.04 bits per heavy atom. The minimum atomic E-state index is -4.49. The number of alkyl halides is 3. The molecular weight excluding hydrogens is 380 g/mol. The van der Waals surface area contributed by atoms with E-state index in [1.807, 2.05) is 43.3 Å². The zero-order valence-electron chi connectivity index (χ0n) is 15.2. The first-order valence-electron chi connectivity index (χ1n) is 9.04. The van der Waals surface area contributed by atoms with E-state index in [0.717, 1.165) is 23.3 Å². The third-order valence-corrected chi connectivity index (χ3v) is 8.34. The van der Waals surface area contributed by atoms with E-state index in [1.54, 1.807) is 24.3 Å². The second kappa shape index (κ2) is 6.79. The third-order valence-electron chi connectivity index (χ3n) is 5.11. The number of halogens is 3. The van der Waals surface area contributed by atoms with E-state index in [1.165, 1.54) is 6.07 Å². The summed E-state index contributed by atoms with van der Waals surface area (Å²) in [5.41, 5.74) is 1.52. The van der Waals surface area contributed by atoms with E-state index in [2.05, 4.69) is 0 Å². The van der Waals surface area contributed by atoms with Crippen LogP contribution in [0.5, 0.6) is 0 Å². The number of fused-ring (bicyclic) bond motifs is 1. The van der Waals surface area contributed by atoms with Crippen LogP contribution in [0.2, 0.25) is 0 Å². The Balaban J connectivity index is 2.08. The maximum absolute atomic E-state index is 14.6. The summed E-state index contributed by atoms with van der Waals surface area (Å²) in [5, 5.41) is 1.48. The second-order valence-corrected chi connectivity index (χ2v) is 9.39. The third kappa shape index (κ3) is 2.84. The summed E-state index contributed by atoms with van der Waals surface area (Å²) in [4.78, 5) is 0. The van der Waals surface area contributed by atoms with Crippen molar-refractivity contribution in [1.29, 1.82) is 0 Å². The summed E-state index contributed by atoms with van der Waals surface area (Å²) in [6, 6.07) is 21.8. The van der Waals surface area contributed by atoms with Gasteiger partial charge in [-0.15, -0.1) is 0 Å². The van der Waals surface area contributed by atoms with Crippen molar-refractivity contribution < 1.29 is 17.7 Å². The zero-order valence-corrected chi connectivity index (χ0v) is 16.1. The van der Waals surface area contributed by atoms with Crippen LogP contribution in [-0.4, -0.2) is 0 Å². The number of hydrogen-bond donors (Lipinski definition) is 0. The molecule has 0 N–H and O–H groups in total. The van der Waals surface area contributed by atoms with Crippen LogP contribution >= 0.6 is 7.14 Å². The van der Waals surface area contributed by atoms with Crippen LogP contribution in [0.3, 0.4) is 0 Å². The van der Waals surface area contributed by atoms with E-state index in [9.17, 15) is 17.7 Å². The molecule has 1 heterocycles. The van der Waals surface area contributed by atoms with Crippen molar-refractivity contribution in [3.05, 3.63) is 95.6 Å². The molecule has 0 amide bonds. The molecule has 4 rings (SSSR count). The topological polar surface area (TPSA) is 17.1 Å². The van der Waals surface area contributed by atoms with Gasteiger partial charge in [0.25, 0.3) is 0 Å². The largest absolute Gasteiger partial charge is 0.416 e. The first-order chi connectivity index (χ1) is 13.4. The van der Waals surface area contributed by atoms with Crippen LogP contribution in [-0.2, 0) is 10.7 Å². The predicted molar refractivity (Wildman–Crippen MR) is 108 cm³/mol. The van der Waals surface area contributed by atoms with Crippen molar-refractivity contribution in [3.63, 3.8) is 0 Å². The van der Waals surface area contributed by atoms with Crippen molar-refractivity contribution in [1.82, 2.24) is 0 Å². The van der Waals surface area contributed by atoms with Crippen LogP contribution in [0.15, 0.2) is 78.9 Å². The fraction of sp³-hybridized carbons (Fsp3) is 0.130. The normalized spacial score (nSPS) is 19.0. The summed E-state index contributed by atoms with van der Waals surface area (Å²) in [7, 11) is -3.43. The molecule has 0 bridgehead atoms. The van der Waals surface area contributed by atoms with Gasteiger partial charge in [0.2, 0.25) is 0 Å². The van der Waals surface area contributed by atoms with Gasteiger partial charge < -0.3 is 4.57 Å². The van der Waals surface area contributed by atoms with E-state index < -0.39 is 18.9 Å². The van der Waals surface area contributed by atoms with E-state index >= 15 is 0 Å². The maximum atomic E-state index is 14.6. The van der Waals surface area contributed by atoms with Gasteiger partial charge in [0, 0.05) is 15.9 Å². The SMILES string of the molecule is CCC1=C(c2ccccc2)P(=O)(c2ccccc2)c2cc(C(F)(F)F)ccc21. The van der Waals surface area contributed by atoms with E-state index in [-0.39, 0.29) is 5.30 Å². The van der Waals surface area contributed by atoms with E-state index in [0.29, 0.717) is 22.6 Å². The minimum Gasteiger partial charge on any atom is -0.309 e. The molecule has 0 aliphatic carbocycles. The standard InChI is InChI=1S/C23H18F3OP/c1-2-19-20-14-13-17(23(24,25)26)15-21(20)28(27,18-11-7-4-8-12-18)22(19)16-9-5-3-6-10-16/h3-15H,2H2,1H3. The highest BCUT2D eigenvalue weighted by atomic mass is 31.2. The predicted octanol–water partition coefficient (Wildman–Crippen LogP) is 6.31. The van der Waals surface area contributed by atoms with Crippen LogP contribution < -0.4 is 10.6 Å². The molecule has 0 radical (unpaired) electrons. The van der Waals surface area contributed by atoms with Gasteiger partial charge in [-0.1, -0.05) is 73.7 Å².